The molecule has 0 heterocycles. The van der Waals surface area contributed by atoms with E-state index in [1.807, 2.05) is 24.3 Å². The van der Waals surface area contributed by atoms with E-state index in [0.717, 1.165) is 10.0 Å². The van der Waals surface area contributed by atoms with Crippen LogP contribution in [0.25, 0.3) is 0 Å². The molecule has 0 fully saturated rings. The van der Waals surface area contributed by atoms with Gasteiger partial charge in [-0.1, -0.05) is 28.1 Å². The van der Waals surface area contributed by atoms with Crippen molar-refractivity contribution in [3.8, 4) is 0 Å². The first-order chi connectivity index (χ1) is 10.9. The topological polar surface area (TPSA) is 64.6 Å². The molecule has 0 aliphatic rings. The highest BCUT2D eigenvalue weighted by molar-refractivity contribution is 9.10. The SMILES string of the molecule is CC(C)(C)OC(=O)N[C@@H](Cc1ccc(Br)cc1)C(=O)OC(C)(C)C. The molecule has 1 aromatic carbocycles. The van der Waals surface area contributed by atoms with E-state index in [-0.39, 0.29) is 0 Å². The third kappa shape index (κ3) is 8.34. The van der Waals surface area contributed by atoms with Crippen molar-refractivity contribution >= 4 is 28.0 Å². The largest absolute Gasteiger partial charge is 0.458 e. The highest BCUT2D eigenvalue weighted by atomic mass is 79.9. The Hall–Kier alpha value is -1.56. The molecule has 6 heteroatoms. The Balaban J connectivity index is 2.88. The molecular weight excluding hydrogens is 374 g/mol. The summed E-state index contributed by atoms with van der Waals surface area (Å²) in [4.78, 5) is 24.5. The Morgan fingerprint density at radius 3 is 1.96 bits per heavy atom. The van der Waals surface area contributed by atoms with Crippen LogP contribution in [0.3, 0.4) is 0 Å². The Morgan fingerprint density at radius 2 is 1.50 bits per heavy atom. The molecule has 0 radical (unpaired) electrons. The van der Waals surface area contributed by atoms with Crippen LogP contribution in [-0.2, 0) is 20.7 Å². The number of alkyl carbamates (subject to hydrolysis) is 1. The number of ether oxygens (including phenoxy) is 2. The van der Waals surface area contributed by atoms with E-state index in [0.29, 0.717) is 6.42 Å². The van der Waals surface area contributed by atoms with E-state index >= 15 is 0 Å². The second-order valence-corrected chi connectivity index (χ2v) is 8.48. The minimum Gasteiger partial charge on any atom is -0.458 e. The van der Waals surface area contributed by atoms with Gasteiger partial charge in [0, 0.05) is 10.9 Å². The van der Waals surface area contributed by atoms with E-state index < -0.39 is 29.3 Å². The van der Waals surface area contributed by atoms with Crippen LogP contribution in [0.2, 0.25) is 0 Å². The van der Waals surface area contributed by atoms with Crippen LogP contribution >= 0.6 is 15.9 Å². The van der Waals surface area contributed by atoms with Crippen molar-refractivity contribution in [2.75, 3.05) is 0 Å². The van der Waals surface area contributed by atoms with Crippen molar-refractivity contribution in [1.82, 2.24) is 5.32 Å². The van der Waals surface area contributed by atoms with Crippen LogP contribution in [0, 0.1) is 0 Å². The van der Waals surface area contributed by atoms with Crippen LogP contribution in [-0.4, -0.2) is 29.3 Å². The average molecular weight is 400 g/mol. The van der Waals surface area contributed by atoms with Gasteiger partial charge in [0.2, 0.25) is 0 Å². The number of carbonyl (C=O) groups is 2. The van der Waals surface area contributed by atoms with Crippen molar-refractivity contribution in [1.29, 1.82) is 0 Å². The molecule has 1 N–H and O–H groups in total. The van der Waals surface area contributed by atoms with E-state index in [2.05, 4.69) is 21.2 Å². The first kappa shape index (κ1) is 20.5. The summed E-state index contributed by atoms with van der Waals surface area (Å²) >= 11 is 3.37. The minimum atomic E-state index is -0.819. The fourth-order valence-corrected chi connectivity index (χ4v) is 2.14. The zero-order valence-corrected chi connectivity index (χ0v) is 16.7. The number of esters is 1. The molecule has 0 spiro atoms. The second kappa shape index (κ2) is 8.01. The molecule has 1 aromatic rings. The average Bonchev–Trinajstić information content (AvgIpc) is 2.36. The Bertz CT molecular complexity index is 570. The van der Waals surface area contributed by atoms with Gasteiger partial charge in [0.05, 0.1) is 0 Å². The number of amides is 1. The van der Waals surface area contributed by atoms with Gasteiger partial charge in [0.15, 0.2) is 0 Å². The molecule has 1 amide bonds. The molecule has 0 unspecified atom stereocenters. The summed E-state index contributed by atoms with van der Waals surface area (Å²) in [6.07, 6.45) is -0.322. The Morgan fingerprint density at radius 1 is 1.00 bits per heavy atom. The number of hydrogen-bond donors (Lipinski definition) is 1. The lowest BCUT2D eigenvalue weighted by Crippen LogP contribution is -2.47. The van der Waals surface area contributed by atoms with Gasteiger partial charge in [0.1, 0.15) is 17.2 Å². The van der Waals surface area contributed by atoms with Crippen molar-refractivity contribution in [2.24, 2.45) is 0 Å². The standard InChI is InChI=1S/C18H26BrNO4/c1-17(2,3)23-15(21)14(20-16(22)24-18(4,5)6)11-12-7-9-13(19)10-8-12/h7-10,14H,11H2,1-6H3,(H,20,22)/t14-/m0/s1. The second-order valence-electron chi connectivity index (χ2n) is 7.56. The summed E-state index contributed by atoms with van der Waals surface area (Å²) in [5.74, 6) is -0.490. The number of nitrogens with one attached hydrogen (secondary N) is 1. The lowest BCUT2D eigenvalue weighted by atomic mass is 10.1. The predicted molar refractivity (Wildman–Crippen MR) is 96.8 cm³/mol. The molecule has 1 atom stereocenters. The Kier molecular flexibility index (Phi) is 6.84. The summed E-state index contributed by atoms with van der Waals surface area (Å²) in [6.45, 7) is 10.7. The normalized spacial score (nSPS) is 13.1. The quantitative estimate of drug-likeness (QED) is 0.769. The maximum Gasteiger partial charge on any atom is 0.408 e. The van der Waals surface area contributed by atoms with Crippen LogP contribution in [0.15, 0.2) is 28.7 Å². The van der Waals surface area contributed by atoms with Crippen LogP contribution < -0.4 is 5.32 Å². The van der Waals surface area contributed by atoms with Crippen molar-refractivity contribution in [3.63, 3.8) is 0 Å². The fraction of sp³-hybridized carbons (Fsp3) is 0.556. The molecular formula is C18H26BrNO4. The van der Waals surface area contributed by atoms with Crippen LogP contribution in [0.1, 0.15) is 47.1 Å². The molecule has 0 saturated carbocycles. The van der Waals surface area contributed by atoms with Gasteiger partial charge < -0.3 is 14.8 Å². The molecule has 0 aliphatic heterocycles. The highest BCUT2D eigenvalue weighted by Crippen LogP contribution is 2.15. The molecule has 134 valence electrons. The van der Waals surface area contributed by atoms with Gasteiger partial charge in [-0.05, 0) is 59.2 Å². The van der Waals surface area contributed by atoms with E-state index in [4.69, 9.17) is 9.47 Å². The summed E-state index contributed by atoms with van der Waals surface area (Å²) in [5.41, 5.74) is -0.365. The number of benzene rings is 1. The zero-order valence-electron chi connectivity index (χ0n) is 15.1. The number of carbonyl (C=O) groups excluding carboxylic acids is 2. The van der Waals surface area contributed by atoms with Gasteiger partial charge >= 0.3 is 12.1 Å². The molecule has 0 aliphatic carbocycles. The lowest BCUT2D eigenvalue weighted by Gasteiger charge is -2.26. The third-order valence-corrected chi connectivity index (χ3v) is 3.26. The van der Waals surface area contributed by atoms with Gasteiger partial charge in [-0.2, -0.15) is 0 Å². The van der Waals surface area contributed by atoms with Crippen LogP contribution in [0.4, 0.5) is 4.79 Å². The monoisotopic (exact) mass is 399 g/mol. The summed E-state index contributed by atoms with van der Waals surface area (Å²) in [5, 5.41) is 2.61. The number of rotatable bonds is 4. The summed E-state index contributed by atoms with van der Waals surface area (Å²) in [6, 6.07) is 6.72. The summed E-state index contributed by atoms with van der Waals surface area (Å²) < 4.78 is 11.6. The number of halogens is 1. The molecule has 1 rings (SSSR count). The molecule has 0 bridgehead atoms. The van der Waals surface area contributed by atoms with Crippen molar-refractivity contribution < 1.29 is 19.1 Å². The molecule has 0 saturated heterocycles. The fourth-order valence-electron chi connectivity index (χ4n) is 1.87. The van der Waals surface area contributed by atoms with Gasteiger partial charge in [-0.25, -0.2) is 9.59 Å². The molecule has 24 heavy (non-hydrogen) atoms. The van der Waals surface area contributed by atoms with Gasteiger partial charge in [-0.3, -0.25) is 0 Å². The summed E-state index contributed by atoms with van der Waals surface area (Å²) in [7, 11) is 0. The van der Waals surface area contributed by atoms with E-state index in [1.54, 1.807) is 41.5 Å². The third-order valence-electron chi connectivity index (χ3n) is 2.74. The first-order valence-electron chi connectivity index (χ1n) is 7.82. The maximum absolute atomic E-state index is 12.4. The number of hydrogen-bond acceptors (Lipinski definition) is 4. The van der Waals surface area contributed by atoms with E-state index in [9.17, 15) is 9.59 Å². The van der Waals surface area contributed by atoms with Crippen LogP contribution in [0.5, 0.6) is 0 Å². The van der Waals surface area contributed by atoms with Crippen molar-refractivity contribution in [3.05, 3.63) is 34.3 Å². The minimum absolute atomic E-state index is 0.321. The molecule has 5 nitrogen and oxygen atoms in total. The van der Waals surface area contributed by atoms with Crippen molar-refractivity contribution in [2.45, 2.75) is 65.2 Å². The van der Waals surface area contributed by atoms with Gasteiger partial charge in [-0.15, -0.1) is 0 Å². The lowest BCUT2D eigenvalue weighted by molar-refractivity contribution is -0.157. The molecule has 0 aromatic heterocycles. The predicted octanol–water partition coefficient (Wildman–Crippen LogP) is 4.23. The van der Waals surface area contributed by atoms with E-state index in [1.165, 1.54) is 0 Å². The zero-order chi connectivity index (χ0) is 18.5. The smallest absolute Gasteiger partial charge is 0.408 e. The highest BCUT2D eigenvalue weighted by Gasteiger charge is 2.28. The maximum atomic E-state index is 12.4. The first-order valence-corrected chi connectivity index (χ1v) is 8.62. The Labute approximate surface area is 152 Å². The van der Waals surface area contributed by atoms with Gasteiger partial charge in [0.25, 0.3) is 0 Å².